The van der Waals surface area contributed by atoms with E-state index in [4.69, 9.17) is 0 Å². The fourth-order valence-electron chi connectivity index (χ4n) is 2.02. The van der Waals surface area contributed by atoms with Crippen LogP contribution in [0.15, 0.2) is 43.1 Å². The summed E-state index contributed by atoms with van der Waals surface area (Å²) < 4.78 is 2.00. The molecule has 0 saturated carbocycles. The van der Waals surface area contributed by atoms with Gasteiger partial charge in [-0.3, -0.25) is 14.5 Å². The SMILES string of the molecule is CC(C)C.CNc1nc(C)n2ccncc12.[Rb+].c1cnc2[n-]ncc2c1. The number of nitrogens with zero attached hydrogens (tertiary/aromatic N) is 6. The Kier molecular flexibility index (Phi) is 10.2. The molecule has 0 aromatic carbocycles. The number of anilines is 1. The smallest absolute Gasteiger partial charge is 0.441 e. The molecule has 4 aromatic heterocycles. The predicted octanol–water partition coefficient (Wildman–Crippen LogP) is 0.333. The van der Waals surface area contributed by atoms with Gasteiger partial charge in [-0.25, -0.2) is 4.98 Å². The number of hydrogen-bond acceptors (Lipinski definition) is 5. The Bertz CT molecular complexity index is 881. The van der Waals surface area contributed by atoms with Gasteiger partial charge in [-0.1, -0.05) is 39.1 Å². The number of nitrogens with one attached hydrogen (secondary N) is 1. The van der Waals surface area contributed by atoms with Crippen LogP contribution in [0, 0.1) is 12.8 Å². The molecule has 8 heteroatoms. The molecule has 1 N–H and O–H groups in total. The first-order chi connectivity index (χ1) is 12.0. The normalized spacial score (nSPS) is 9.77. The van der Waals surface area contributed by atoms with Crippen molar-refractivity contribution in [2.75, 3.05) is 12.4 Å². The van der Waals surface area contributed by atoms with E-state index in [1.165, 1.54) is 0 Å². The van der Waals surface area contributed by atoms with E-state index < -0.39 is 0 Å². The van der Waals surface area contributed by atoms with Crippen molar-refractivity contribution >= 4 is 22.4 Å². The Morgan fingerprint density at radius 1 is 1.15 bits per heavy atom. The summed E-state index contributed by atoms with van der Waals surface area (Å²) in [4.78, 5) is 12.3. The molecular weight excluding hydrogens is 400 g/mol. The van der Waals surface area contributed by atoms with Gasteiger partial charge in [0.2, 0.25) is 0 Å². The van der Waals surface area contributed by atoms with Gasteiger partial charge in [0.05, 0.1) is 6.20 Å². The summed E-state index contributed by atoms with van der Waals surface area (Å²) in [5, 5.41) is 11.5. The molecular formula is C18H24N7Rb. The summed E-state index contributed by atoms with van der Waals surface area (Å²) in [6.45, 7) is 8.47. The number of fused-ring (bicyclic) bond motifs is 2. The average Bonchev–Trinajstić information content (AvgIpc) is 3.20. The predicted molar refractivity (Wildman–Crippen MR) is 101 cm³/mol. The molecule has 7 nitrogen and oxygen atoms in total. The van der Waals surface area contributed by atoms with E-state index in [0.717, 1.165) is 34.1 Å². The van der Waals surface area contributed by atoms with Crippen LogP contribution in [0.5, 0.6) is 0 Å². The second-order valence-electron chi connectivity index (χ2n) is 6.08. The molecule has 0 saturated heterocycles. The minimum absolute atomic E-state index is 0. The molecule has 0 aliphatic carbocycles. The zero-order valence-corrected chi connectivity index (χ0v) is 21.2. The third kappa shape index (κ3) is 6.53. The van der Waals surface area contributed by atoms with E-state index in [-0.39, 0.29) is 58.2 Å². The fourth-order valence-corrected chi connectivity index (χ4v) is 2.02. The molecule has 0 atom stereocenters. The van der Waals surface area contributed by atoms with E-state index >= 15 is 0 Å². The molecule has 26 heavy (non-hydrogen) atoms. The third-order valence-corrected chi connectivity index (χ3v) is 3.03. The summed E-state index contributed by atoms with van der Waals surface area (Å²) in [6.07, 6.45) is 8.85. The number of hydrogen-bond donors (Lipinski definition) is 1. The maximum atomic E-state index is 4.32. The molecule has 0 spiro atoms. The molecule has 4 heterocycles. The third-order valence-electron chi connectivity index (χ3n) is 3.03. The van der Waals surface area contributed by atoms with E-state index in [0.29, 0.717) is 0 Å². The summed E-state index contributed by atoms with van der Waals surface area (Å²) >= 11 is 0. The average molecular weight is 424 g/mol. The quantitative estimate of drug-likeness (QED) is 0.475. The van der Waals surface area contributed by atoms with Gasteiger partial charge in [-0.15, -0.1) is 0 Å². The van der Waals surface area contributed by atoms with Crippen LogP contribution in [-0.4, -0.2) is 31.5 Å². The zero-order chi connectivity index (χ0) is 18.2. The van der Waals surface area contributed by atoms with Crippen LogP contribution >= 0.6 is 0 Å². The topological polar surface area (TPSA) is 82.1 Å². The first kappa shape index (κ1) is 22.9. The second-order valence-corrected chi connectivity index (χ2v) is 6.08. The van der Waals surface area contributed by atoms with Gasteiger partial charge in [0, 0.05) is 25.6 Å². The number of pyridine rings is 1. The molecule has 0 fully saturated rings. The molecule has 0 amide bonds. The van der Waals surface area contributed by atoms with Gasteiger partial charge in [0.25, 0.3) is 0 Å². The molecule has 132 valence electrons. The van der Waals surface area contributed by atoms with Gasteiger partial charge in [-0.2, -0.15) is 0 Å². The second kappa shape index (κ2) is 11.5. The van der Waals surface area contributed by atoms with Gasteiger partial charge >= 0.3 is 58.2 Å². The summed E-state index contributed by atoms with van der Waals surface area (Å²) in [7, 11) is 1.86. The summed E-state index contributed by atoms with van der Waals surface area (Å²) in [6, 6.07) is 3.80. The van der Waals surface area contributed by atoms with Crippen LogP contribution in [0.2, 0.25) is 0 Å². The number of rotatable bonds is 1. The maximum Gasteiger partial charge on any atom is 1.00 e. The monoisotopic (exact) mass is 423 g/mol. The molecule has 4 rings (SSSR count). The standard InChI is InChI=1S/C8H10N4.C6H4N3.C4H10.Rb/c1-6-11-8(9-2)7-5-10-3-4-12(6)7;1-2-5-4-8-9-6(5)7-3-1;1-4(2)3;/h3-5,9H,1-2H3;1-4H;4H,1-3H3;/q;-1;;+1. The van der Waals surface area contributed by atoms with E-state index in [1.807, 2.05) is 36.7 Å². The largest absolute Gasteiger partial charge is 1.00 e. The Labute approximate surface area is 202 Å². The van der Waals surface area contributed by atoms with Crippen molar-refractivity contribution in [1.82, 2.24) is 29.5 Å². The number of imidazole rings is 1. The van der Waals surface area contributed by atoms with Crippen LogP contribution in [0.4, 0.5) is 5.82 Å². The van der Waals surface area contributed by atoms with Crippen molar-refractivity contribution in [3.8, 4) is 0 Å². The molecule has 0 aliphatic heterocycles. The number of aryl methyl sites for hydroxylation is 1. The first-order valence-corrected chi connectivity index (χ1v) is 8.18. The van der Waals surface area contributed by atoms with Crippen molar-refractivity contribution in [3.63, 3.8) is 0 Å². The molecule has 0 radical (unpaired) electrons. The molecule has 4 aromatic rings. The van der Waals surface area contributed by atoms with Crippen molar-refractivity contribution < 1.29 is 58.2 Å². The van der Waals surface area contributed by atoms with Crippen LogP contribution in [0.3, 0.4) is 0 Å². The molecule has 0 unspecified atom stereocenters. The van der Waals surface area contributed by atoms with Crippen molar-refractivity contribution in [2.24, 2.45) is 5.92 Å². The van der Waals surface area contributed by atoms with E-state index in [9.17, 15) is 0 Å². The Morgan fingerprint density at radius 3 is 2.54 bits per heavy atom. The fraction of sp³-hybridized carbons (Fsp3) is 0.333. The van der Waals surface area contributed by atoms with Gasteiger partial charge in [0.1, 0.15) is 11.3 Å². The van der Waals surface area contributed by atoms with Crippen LogP contribution < -0.4 is 68.6 Å². The van der Waals surface area contributed by atoms with Crippen molar-refractivity contribution in [3.05, 3.63) is 48.9 Å². The van der Waals surface area contributed by atoms with Gasteiger partial charge < -0.3 is 15.4 Å². The van der Waals surface area contributed by atoms with Crippen molar-refractivity contribution in [2.45, 2.75) is 27.7 Å². The molecule has 0 aliphatic rings. The van der Waals surface area contributed by atoms with E-state index in [2.05, 4.69) is 51.2 Å². The first-order valence-electron chi connectivity index (χ1n) is 8.18. The minimum atomic E-state index is 0. The van der Waals surface area contributed by atoms with Gasteiger partial charge in [-0.05, 0) is 23.9 Å². The summed E-state index contributed by atoms with van der Waals surface area (Å²) in [5.41, 5.74) is 1.73. The molecule has 0 bridgehead atoms. The Balaban J connectivity index is 0.000000215. The Hall–Kier alpha value is -1.15. The zero-order valence-electron chi connectivity index (χ0n) is 16.3. The van der Waals surface area contributed by atoms with Crippen molar-refractivity contribution in [1.29, 1.82) is 0 Å². The summed E-state index contributed by atoms with van der Waals surface area (Å²) in [5.74, 6) is 2.68. The van der Waals surface area contributed by atoms with Crippen LogP contribution in [0.1, 0.15) is 26.6 Å². The maximum absolute atomic E-state index is 4.32. The Morgan fingerprint density at radius 2 is 1.88 bits per heavy atom. The minimum Gasteiger partial charge on any atom is -0.441 e. The number of aromatic nitrogens is 6. The van der Waals surface area contributed by atoms with E-state index in [1.54, 1.807) is 24.8 Å². The van der Waals surface area contributed by atoms with Crippen LogP contribution in [0.25, 0.3) is 16.6 Å². The van der Waals surface area contributed by atoms with Gasteiger partial charge in [0.15, 0.2) is 5.82 Å². The van der Waals surface area contributed by atoms with Crippen LogP contribution in [-0.2, 0) is 0 Å².